The summed E-state index contributed by atoms with van der Waals surface area (Å²) in [5, 5.41) is 0.0393. The maximum Gasteiger partial charge on any atom is 0.292 e. The minimum atomic E-state index is -0.470. The van der Waals surface area contributed by atoms with Crippen LogP contribution in [0.15, 0.2) is 28.8 Å². The quantitative estimate of drug-likeness (QED) is 0.791. The predicted molar refractivity (Wildman–Crippen MR) is 51.3 cm³/mol. The average molecular weight is 213 g/mol. The Hall–Kier alpha value is -1.55. The molecule has 2 N–H and O–H groups in total. The van der Waals surface area contributed by atoms with Gasteiger partial charge in [-0.3, -0.25) is 0 Å². The van der Waals surface area contributed by atoms with Crippen LogP contribution >= 0.6 is 11.6 Å². The monoisotopic (exact) mass is 212 g/mol. The highest BCUT2D eigenvalue weighted by molar-refractivity contribution is 6.31. The standard InChI is InChI=1S/C9H6ClFN2O/c10-6-3-5(1-2-7(6)11)8-4-13-9(12)14-8/h1-4H,(H2,12,13). The molecular weight excluding hydrogens is 207 g/mol. The van der Waals surface area contributed by atoms with Crippen LogP contribution in [-0.2, 0) is 0 Å². The van der Waals surface area contributed by atoms with E-state index in [0.29, 0.717) is 11.3 Å². The third kappa shape index (κ3) is 1.56. The maximum absolute atomic E-state index is 12.8. The first-order chi connectivity index (χ1) is 6.66. The van der Waals surface area contributed by atoms with E-state index in [9.17, 15) is 4.39 Å². The molecule has 14 heavy (non-hydrogen) atoms. The summed E-state index contributed by atoms with van der Waals surface area (Å²) in [6, 6.07) is 4.33. The molecule has 1 heterocycles. The van der Waals surface area contributed by atoms with Crippen molar-refractivity contribution in [3.8, 4) is 11.3 Å². The van der Waals surface area contributed by atoms with Crippen molar-refractivity contribution in [3.63, 3.8) is 0 Å². The molecule has 0 saturated heterocycles. The number of nitrogen functional groups attached to an aromatic ring is 1. The Labute approximate surface area is 84.3 Å². The molecule has 0 spiro atoms. The van der Waals surface area contributed by atoms with Crippen molar-refractivity contribution in [2.45, 2.75) is 0 Å². The van der Waals surface area contributed by atoms with Crippen molar-refractivity contribution in [2.24, 2.45) is 0 Å². The molecule has 0 aliphatic carbocycles. The Morgan fingerprint density at radius 3 is 2.79 bits per heavy atom. The van der Waals surface area contributed by atoms with Crippen LogP contribution in [0.4, 0.5) is 10.4 Å². The van der Waals surface area contributed by atoms with Crippen LogP contribution in [0.1, 0.15) is 0 Å². The number of halogens is 2. The molecule has 2 aromatic rings. The fourth-order valence-corrected chi connectivity index (χ4v) is 1.25. The Balaban J connectivity index is 2.47. The largest absolute Gasteiger partial charge is 0.424 e. The minimum Gasteiger partial charge on any atom is -0.424 e. The van der Waals surface area contributed by atoms with E-state index >= 15 is 0 Å². The molecule has 0 fully saturated rings. The molecule has 72 valence electrons. The molecule has 0 aliphatic heterocycles. The zero-order valence-electron chi connectivity index (χ0n) is 7.00. The van der Waals surface area contributed by atoms with Gasteiger partial charge >= 0.3 is 0 Å². The van der Waals surface area contributed by atoms with E-state index in [1.54, 1.807) is 6.07 Å². The second-order valence-corrected chi connectivity index (χ2v) is 3.10. The van der Waals surface area contributed by atoms with Gasteiger partial charge in [0.05, 0.1) is 11.2 Å². The van der Waals surface area contributed by atoms with E-state index in [-0.39, 0.29) is 11.0 Å². The highest BCUT2D eigenvalue weighted by Crippen LogP contribution is 2.25. The molecule has 1 aromatic carbocycles. The van der Waals surface area contributed by atoms with E-state index in [2.05, 4.69) is 4.98 Å². The summed E-state index contributed by atoms with van der Waals surface area (Å²) in [7, 11) is 0. The average Bonchev–Trinajstić information content (AvgIpc) is 2.57. The molecule has 0 radical (unpaired) electrons. The van der Waals surface area contributed by atoms with Crippen molar-refractivity contribution in [1.29, 1.82) is 0 Å². The van der Waals surface area contributed by atoms with Gasteiger partial charge in [0.2, 0.25) is 0 Å². The van der Waals surface area contributed by atoms with Gasteiger partial charge in [0, 0.05) is 5.56 Å². The van der Waals surface area contributed by atoms with Crippen LogP contribution in [0.5, 0.6) is 0 Å². The first-order valence-electron chi connectivity index (χ1n) is 3.83. The van der Waals surface area contributed by atoms with Crippen LogP contribution in [0.25, 0.3) is 11.3 Å². The summed E-state index contributed by atoms with van der Waals surface area (Å²) in [5.74, 6) is -0.00713. The normalized spacial score (nSPS) is 10.4. The van der Waals surface area contributed by atoms with E-state index in [4.69, 9.17) is 21.8 Å². The number of hydrogen-bond donors (Lipinski definition) is 1. The van der Waals surface area contributed by atoms with Gasteiger partial charge in [0.1, 0.15) is 5.82 Å². The summed E-state index contributed by atoms with van der Waals surface area (Å²) in [6.07, 6.45) is 1.46. The Kier molecular flexibility index (Phi) is 2.13. The lowest BCUT2D eigenvalue weighted by Gasteiger charge is -1.97. The molecular formula is C9H6ClFN2O. The second kappa shape index (κ2) is 3.31. The van der Waals surface area contributed by atoms with Gasteiger partial charge in [-0.25, -0.2) is 9.37 Å². The Morgan fingerprint density at radius 2 is 2.21 bits per heavy atom. The molecule has 0 unspecified atom stereocenters. The van der Waals surface area contributed by atoms with Crippen LogP contribution in [0.3, 0.4) is 0 Å². The van der Waals surface area contributed by atoms with Crippen molar-refractivity contribution in [1.82, 2.24) is 4.98 Å². The van der Waals surface area contributed by atoms with Crippen LogP contribution < -0.4 is 5.73 Å². The van der Waals surface area contributed by atoms with E-state index in [1.807, 2.05) is 0 Å². The number of oxazole rings is 1. The van der Waals surface area contributed by atoms with Crippen LogP contribution in [0.2, 0.25) is 5.02 Å². The second-order valence-electron chi connectivity index (χ2n) is 2.69. The summed E-state index contributed by atoms with van der Waals surface area (Å²) in [6.45, 7) is 0. The highest BCUT2D eigenvalue weighted by Gasteiger charge is 2.06. The van der Waals surface area contributed by atoms with Crippen molar-refractivity contribution >= 4 is 17.6 Å². The summed E-state index contributed by atoms with van der Waals surface area (Å²) in [5.41, 5.74) is 5.94. The predicted octanol–water partition coefficient (Wildman–Crippen LogP) is 2.72. The SMILES string of the molecule is Nc1ncc(-c2ccc(F)c(Cl)c2)o1. The number of hydrogen-bond acceptors (Lipinski definition) is 3. The van der Waals surface area contributed by atoms with Gasteiger partial charge in [-0.2, -0.15) is 0 Å². The molecule has 1 aromatic heterocycles. The smallest absolute Gasteiger partial charge is 0.292 e. The van der Waals surface area contributed by atoms with Gasteiger partial charge in [0.25, 0.3) is 6.01 Å². The first kappa shape index (κ1) is 9.02. The van der Waals surface area contributed by atoms with Crippen LogP contribution in [0, 0.1) is 5.82 Å². The van der Waals surface area contributed by atoms with Gasteiger partial charge in [0.15, 0.2) is 5.76 Å². The van der Waals surface area contributed by atoms with Gasteiger partial charge < -0.3 is 10.2 Å². The van der Waals surface area contributed by atoms with Gasteiger partial charge in [-0.1, -0.05) is 11.6 Å². The van der Waals surface area contributed by atoms with Crippen LogP contribution in [-0.4, -0.2) is 4.98 Å². The van der Waals surface area contributed by atoms with E-state index in [0.717, 1.165) is 0 Å². The zero-order chi connectivity index (χ0) is 10.1. The first-order valence-corrected chi connectivity index (χ1v) is 4.21. The molecule has 0 bridgehead atoms. The fourth-order valence-electron chi connectivity index (χ4n) is 1.07. The number of benzene rings is 1. The molecule has 0 aliphatic rings. The molecule has 0 atom stereocenters. The molecule has 0 saturated carbocycles. The lowest BCUT2D eigenvalue weighted by Crippen LogP contribution is -1.80. The topological polar surface area (TPSA) is 52.0 Å². The third-order valence-electron chi connectivity index (χ3n) is 1.73. The molecule has 3 nitrogen and oxygen atoms in total. The third-order valence-corrected chi connectivity index (χ3v) is 2.02. The van der Waals surface area contributed by atoms with Gasteiger partial charge in [-0.05, 0) is 18.2 Å². The van der Waals surface area contributed by atoms with Crippen molar-refractivity contribution in [3.05, 3.63) is 35.2 Å². The number of aromatic nitrogens is 1. The Bertz CT molecular complexity index is 470. The van der Waals surface area contributed by atoms with Crippen molar-refractivity contribution < 1.29 is 8.81 Å². The minimum absolute atomic E-state index is 0.0393. The number of rotatable bonds is 1. The maximum atomic E-state index is 12.8. The van der Waals surface area contributed by atoms with Gasteiger partial charge in [-0.15, -0.1) is 0 Å². The summed E-state index contributed by atoms with van der Waals surface area (Å²) >= 11 is 5.60. The lowest BCUT2D eigenvalue weighted by molar-refractivity contribution is 0.594. The zero-order valence-corrected chi connectivity index (χ0v) is 7.75. The van der Waals surface area contributed by atoms with E-state index in [1.165, 1.54) is 18.3 Å². The highest BCUT2D eigenvalue weighted by atomic mass is 35.5. The molecule has 2 rings (SSSR count). The molecule has 0 amide bonds. The summed E-state index contributed by atoms with van der Waals surface area (Å²) in [4.78, 5) is 3.72. The number of anilines is 1. The number of nitrogens with zero attached hydrogens (tertiary/aromatic N) is 1. The van der Waals surface area contributed by atoms with Crippen molar-refractivity contribution in [2.75, 3.05) is 5.73 Å². The van der Waals surface area contributed by atoms with E-state index < -0.39 is 5.82 Å². The fraction of sp³-hybridized carbons (Fsp3) is 0. The Morgan fingerprint density at radius 1 is 1.43 bits per heavy atom. The lowest BCUT2D eigenvalue weighted by atomic mass is 10.2. The summed E-state index contributed by atoms with van der Waals surface area (Å²) < 4.78 is 17.9. The molecule has 5 heteroatoms. The number of nitrogens with two attached hydrogens (primary N) is 1.